The zero-order chi connectivity index (χ0) is 11.1. The van der Waals surface area contributed by atoms with Gasteiger partial charge < -0.3 is 10.1 Å². The van der Waals surface area contributed by atoms with Crippen molar-refractivity contribution in [2.45, 2.75) is 13.8 Å². The molecule has 1 N–H and O–H groups in total. The normalized spacial score (nSPS) is 18.4. The van der Waals surface area contributed by atoms with Gasteiger partial charge in [0.05, 0.1) is 22.3 Å². The topological polar surface area (TPSA) is 21.3 Å². The van der Waals surface area contributed by atoms with Gasteiger partial charge in [-0.25, -0.2) is 0 Å². The predicted octanol–water partition coefficient (Wildman–Crippen LogP) is 3.82. The third kappa shape index (κ3) is 2.16. The average Bonchev–Trinajstić information content (AvgIpc) is 2.32. The summed E-state index contributed by atoms with van der Waals surface area (Å²) in [5, 5.41) is 4.53. The highest BCUT2D eigenvalue weighted by molar-refractivity contribution is 6.36. The Kier molecular flexibility index (Phi) is 2.73. The lowest BCUT2D eigenvalue weighted by Crippen LogP contribution is -2.27. The van der Waals surface area contributed by atoms with Crippen LogP contribution in [-0.2, 0) is 0 Å². The minimum Gasteiger partial charge on any atom is -0.489 e. The zero-order valence-electron chi connectivity index (χ0n) is 8.73. The van der Waals surface area contributed by atoms with Crippen molar-refractivity contribution in [3.63, 3.8) is 0 Å². The quantitative estimate of drug-likeness (QED) is 0.751. The number of fused-ring (bicyclic) bond motifs is 1. The van der Waals surface area contributed by atoms with Gasteiger partial charge in [-0.15, -0.1) is 0 Å². The molecule has 0 spiro atoms. The number of anilines is 1. The molecule has 1 aliphatic rings. The molecule has 0 aliphatic carbocycles. The van der Waals surface area contributed by atoms with E-state index in [0.717, 1.165) is 12.2 Å². The number of nitrogens with one attached hydrogen (secondary N) is 1. The summed E-state index contributed by atoms with van der Waals surface area (Å²) in [5.41, 5.74) is 0.876. The van der Waals surface area contributed by atoms with Gasteiger partial charge in [0, 0.05) is 12.0 Å². The number of ether oxygens (including phenoxy) is 1. The second kappa shape index (κ2) is 3.76. The third-order valence-electron chi connectivity index (χ3n) is 2.41. The summed E-state index contributed by atoms with van der Waals surface area (Å²) in [6, 6.07) is 3.53. The highest BCUT2D eigenvalue weighted by Gasteiger charge is 2.25. The van der Waals surface area contributed by atoms with E-state index in [-0.39, 0.29) is 5.41 Å². The van der Waals surface area contributed by atoms with E-state index in [9.17, 15) is 0 Å². The lowest BCUT2D eigenvalue weighted by molar-refractivity contribution is 0.200. The van der Waals surface area contributed by atoms with Crippen LogP contribution in [0.2, 0.25) is 10.0 Å². The second-order valence-electron chi connectivity index (χ2n) is 4.54. The minimum atomic E-state index is 0.0751. The van der Waals surface area contributed by atoms with Crippen LogP contribution in [0.4, 0.5) is 5.69 Å². The maximum atomic E-state index is 6.08. The van der Waals surface area contributed by atoms with Crippen LogP contribution in [-0.4, -0.2) is 13.2 Å². The Bertz CT molecular complexity index is 355. The van der Waals surface area contributed by atoms with Crippen molar-refractivity contribution in [1.82, 2.24) is 0 Å². The molecule has 0 aromatic heterocycles. The molecule has 1 aromatic carbocycles. The molecule has 15 heavy (non-hydrogen) atoms. The lowest BCUT2D eigenvalue weighted by Gasteiger charge is -2.20. The molecule has 0 amide bonds. The molecule has 0 radical (unpaired) electrons. The third-order valence-corrected chi connectivity index (χ3v) is 3.02. The van der Waals surface area contributed by atoms with Gasteiger partial charge in [0.1, 0.15) is 0 Å². The highest BCUT2D eigenvalue weighted by Crippen LogP contribution is 2.41. The molecule has 0 bridgehead atoms. The van der Waals surface area contributed by atoms with Gasteiger partial charge in [-0.2, -0.15) is 0 Å². The van der Waals surface area contributed by atoms with Crippen molar-refractivity contribution >= 4 is 28.9 Å². The van der Waals surface area contributed by atoms with E-state index in [1.165, 1.54) is 0 Å². The van der Waals surface area contributed by atoms with Gasteiger partial charge in [-0.05, 0) is 12.1 Å². The largest absolute Gasteiger partial charge is 0.489 e. The maximum Gasteiger partial charge on any atom is 0.162 e. The van der Waals surface area contributed by atoms with Crippen molar-refractivity contribution < 1.29 is 4.74 Å². The van der Waals surface area contributed by atoms with Gasteiger partial charge in [0.15, 0.2) is 5.75 Å². The molecule has 0 fully saturated rings. The summed E-state index contributed by atoms with van der Waals surface area (Å²) in [6.07, 6.45) is 0. The number of hydrogen-bond donors (Lipinski definition) is 1. The smallest absolute Gasteiger partial charge is 0.162 e. The SMILES string of the molecule is CC1(C)CNc2c(Cl)ccc(Cl)c2OC1. The van der Waals surface area contributed by atoms with Crippen molar-refractivity contribution in [2.75, 3.05) is 18.5 Å². The van der Waals surface area contributed by atoms with E-state index < -0.39 is 0 Å². The van der Waals surface area contributed by atoms with Gasteiger partial charge in [-0.1, -0.05) is 37.0 Å². The Morgan fingerprint density at radius 3 is 2.67 bits per heavy atom. The summed E-state index contributed by atoms with van der Waals surface area (Å²) >= 11 is 12.1. The fourth-order valence-electron chi connectivity index (χ4n) is 1.49. The van der Waals surface area contributed by atoms with Crippen LogP contribution in [0.3, 0.4) is 0 Å². The second-order valence-corrected chi connectivity index (χ2v) is 5.35. The molecule has 2 rings (SSSR count). The molecule has 4 heteroatoms. The van der Waals surface area contributed by atoms with Crippen molar-refractivity contribution in [3.05, 3.63) is 22.2 Å². The zero-order valence-corrected chi connectivity index (χ0v) is 10.2. The monoisotopic (exact) mass is 245 g/mol. The summed E-state index contributed by atoms with van der Waals surface area (Å²) in [7, 11) is 0. The Balaban J connectivity index is 2.43. The summed E-state index contributed by atoms with van der Waals surface area (Å²) < 4.78 is 5.70. The Morgan fingerprint density at radius 1 is 1.27 bits per heavy atom. The van der Waals surface area contributed by atoms with Crippen LogP contribution in [0.25, 0.3) is 0 Å². The molecule has 1 aliphatic heterocycles. The Hall–Kier alpha value is -0.600. The molecule has 1 aromatic rings. The molecule has 0 saturated heterocycles. The molecule has 0 saturated carbocycles. The van der Waals surface area contributed by atoms with Crippen LogP contribution in [0, 0.1) is 5.41 Å². The Labute approximate surface area is 99.5 Å². The molecule has 2 nitrogen and oxygen atoms in total. The van der Waals surface area contributed by atoms with E-state index in [1.807, 2.05) is 0 Å². The van der Waals surface area contributed by atoms with Crippen LogP contribution in [0.15, 0.2) is 12.1 Å². The number of hydrogen-bond acceptors (Lipinski definition) is 2. The maximum absolute atomic E-state index is 6.08. The standard InChI is InChI=1S/C11H13Cl2NO/c1-11(2)5-14-9-7(12)3-4-8(13)10(9)15-6-11/h3-4,14H,5-6H2,1-2H3. The number of halogens is 2. The minimum absolute atomic E-state index is 0.0751. The molecule has 0 atom stereocenters. The lowest BCUT2D eigenvalue weighted by atomic mass is 9.95. The fourth-order valence-corrected chi connectivity index (χ4v) is 1.91. The molecule has 0 unspecified atom stereocenters. The molecule has 1 heterocycles. The van der Waals surface area contributed by atoms with Crippen LogP contribution >= 0.6 is 23.2 Å². The van der Waals surface area contributed by atoms with E-state index in [4.69, 9.17) is 27.9 Å². The van der Waals surface area contributed by atoms with Gasteiger partial charge in [0.25, 0.3) is 0 Å². The first-order valence-electron chi connectivity index (χ1n) is 4.84. The molecular formula is C11H13Cl2NO. The van der Waals surface area contributed by atoms with Crippen LogP contribution in [0.1, 0.15) is 13.8 Å². The van der Waals surface area contributed by atoms with Crippen molar-refractivity contribution in [2.24, 2.45) is 5.41 Å². The average molecular weight is 246 g/mol. The summed E-state index contributed by atoms with van der Waals surface area (Å²) in [5.74, 6) is 0.662. The van der Waals surface area contributed by atoms with E-state index in [2.05, 4.69) is 19.2 Å². The first-order chi connectivity index (χ1) is 6.99. The number of rotatable bonds is 0. The van der Waals surface area contributed by atoms with Crippen LogP contribution < -0.4 is 10.1 Å². The fraction of sp³-hybridized carbons (Fsp3) is 0.455. The van der Waals surface area contributed by atoms with Gasteiger partial charge >= 0.3 is 0 Å². The summed E-state index contributed by atoms with van der Waals surface area (Å²) in [6.45, 7) is 5.72. The van der Waals surface area contributed by atoms with Crippen molar-refractivity contribution in [1.29, 1.82) is 0 Å². The van der Waals surface area contributed by atoms with E-state index in [0.29, 0.717) is 22.4 Å². The van der Waals surface area contributed by atoms with E-state index in [1.54, 1.807) is 12.1 Å². The van der Waals surface area contributed by atoms with Crippen LogP contribution in [0.5, 0.6) is 5.75 Å². The van der Waals surface area contributed by atoms with Crippen molar-refractivity contribution in [3.8, 4) is 5.75 Å². The van der Waals surface area contributed by atoms with Gasteiger partial charge in [-0.3, -0.25) is 0 Å². The Morgan fingerprint density at radius 2 is 1.93 bits per heavy atom. The number of benzene rings is 1. The first kappa shape index (κ1) is 10.9. The highest BCUT2D eigenvalue weighted by atomic mass is 35.5. The van der Waals surface area contributed by atoms with Gasteiger partial charge in [0.2, 0.25) is 0 Å². The predicted molar refractivity (Wildman–Crippen MR) is 64.2 cm³/mol. The van der Waals surface area contributed by atoms with E-state index >= 15 is 0 Å². The summed E-state index contributed by atoms with van der Waals surface area (Å²) in [4.78, 5) is 0. The first-order valence-corrected chi connectivity index (χ1v) is 5.60. The molecular weight excluding hydrogens is 233 g/mol. The molecule has 82 valence electrons.